The number of nitrogens with zero attached hydrogens (tertiary/aromatic N) is 1. The highest BCUT2D eigenvalue weighted by Crippen LogP contribution is 2.16. The molecule has 0 aliphatic heterocycles. The summed E-state index contributed by atoms with van der Waals surface area (Å²) in [5.74, 6) is -0.185. The van der Waals surface area contributed by atoms with E-state index in [0.29, 0.717) is 0 Å². The topological polar surface area (TPSA) is 53.5 Å². The number of nitrogens with one attached hydrogen (secondary N) is 2. The van der Waals surface area contributed by atoms with Gasteiger partial charge in [-0.05, 0) is 37.6 Å². The van der Waals surface area contributed by atoms with E-state index in [0.717, 1.165) is 21.4 Å². The molecule has 0 heterocycles. The number of hydrogen-bond acceptors (Lipinski definition) is 3. The lowest BCUT2D eigenvalue weighted by Gasteiger charge is -2.14. The highest BCUT2D eigenvalue weighted by atomic mass is 79.9. The fraction of sp³-hybridized carbons (Fsp3) is 0.176. The van der Waals surface area contributed by atoms with Crippen molar-refractivity contribution in [2.45, 2.75) is 19.9 Å². The van der Waals surface area contributed by atoms with Crippen LogP contribution in [0.4, 0.5) is 5.69 Å². The standard InChI is InChI=1S/C17H18BrN3O/c1-12(14-7-4-3-5-8-14)20-21-17(22)13(2)19-16-10-6-9-15(18)11-16/h3-11,13,19H,1-2H3,(H,21,22)/b20-12+/t13-/m1/s1. The molecule has 114 valence electrons. The van der Waals surface area contributed by atoms with Crippen molar-refractivity contribution >= 4 is 33.2 Å². The van der Waals surface area contributed by atoms with Crippen molar-refractivity contribution in [1.29, 1.82) is 0 Å². The molecule has 0 saturated carbocycles. The minimum absolute atomic E-state index is 0.185. The Morgan fingerprint density at radius 3 is 2.55 bits per heavy atom. The van der Waals surface area contributed by atoms with Crippen LogP contribution in [0, 0.1) is 0 Å². The zero-order valence-corrected chi connectivity index (χ0v) is 14.1. The number of hydrazone groups is 1. The van der Waals surface area contributed by atoms with Crippen LogP contribution in [0.15, 0.2) is 64.2 Å². The van der Waals surface area contributed by atoms with Crippen molar-refractivity contribution in [2.24, 2.45) is 5.10 Å². The average molecular weight is 360 g/mol. The maximum atomic E-state index is 12.1. The van der Waals surface area contributed by atoms with Gasteiger partial charge in [-0.2, -0.15) is 5.10 Å². The summed E-state index contributed by atoms with van der Waals surface area (Å²) in [6, 6.07) is 17.0. The fourth-order valence-electron chi connectivity index (χ4n) is 1.87. The van der Waals surface area contributed by atoms with Crippen LogP contribution in [-0.2, 0) is 4.79 Å². The van der Waals surface area contributed by atoms with E-state index in [-0.39, 0.29) is 11.9 Å². The van der Waals surface area contributed by atoms with E-state index in [9.17, 15) is 4.79 Å². The van der Waals surface area contributed by atoms with Gasteiger partial charge in [-0.3, -0.25) is 4.79 Å². The van der Waals surface area contributed by atoms with E-state index < -0.39 is 0 Å². The molecule has 22 heavy (non-hydrogen) atoms. The molecule has 2 rings (SSSR count). The third-order valence-corrected chi connectivity index (χ3v) is 3.62. The lowest BCUT2D eigenvalue weighted by molar-refractivity contribution is -0.121. The number of rotatable bonds is 5. The van der Waals surface area contributed by atoms with E-state index in [1.165, 1.54) is 0 Å². The van der Waals surface area contributed by atoms with Crippen molar-refractivity contribution in [2.75, 3.05) is 5.32 Å². The largest absolute Gasteiger partial charge is 0.374 e. The first-order chi connectivity index (χ1) is 10.6. The Bertz CT molecular complexity index is 671. The van der Waals surface area contributed by atoms with Crippen molar-refractivity contribution in [3.05, 3.63) is 64.6 Å². The summed E-state index contributed by atoms with van der Waals surface area (Å²) >= 11 is 3.40. The molecule has 0 spiro atoms. The summed E-state index contributed by atoms with van der Waals surface area (Å²) in [5, 5.41) is 7.28. The Kier molecular flexibility index (Phi) is 5.72. The van der Waals surface area contributed by atoms with Crippen LogP contribution in [0.3, 0.4) is 0 Å². The monoisotopic (exact) mass is 359 g/mol. The molecule has 0 radical (unpaired) electrons. The summed E-state index contributed by atoms with van der Waals surface area (Å²) in [4.78, 5) is 12.1. The van der Waals surface area contributed by atoms with E-state index in [4.69, 9.17) is 0 Å². The van der Waals surface area contributed by atoms with Gasteiger partial charge < -0.3 is 5.32 Å². The van der Waals surface area contributed by atoms with Gasteiger partial charge in [-0.1, -0.05) is 52.3 Å². The lowest BCUT2D eigenvalue weighted by Crippen LogP contribution is -2.35. The minimum Gasteiger partial charge on any atom is -0.374 e. The molecule has 5 heteroatoms. The normalized spacial score (nSPS) is 12.6. The summed E-state index contributed by atoms with van der Waals surface area (Å²) in [5.41, 5.74) is 5.22. The molecule has 0 unspecified atom stereocenters. The van der Waals surface area contributed by atoms with Crippen LogP contribution < -0.4 is 10.7 Å². The highest BCUT2D eigenvalue weighted by Gasteiger charge is 2.12. The average Bonchev–Trinajstić information content (AvgIpc) is 2.53. The first-order valence-corrected chi connectivity index (χ1v) is 7.77. The molecule has 2 aromatic rings. The molecule has 1 atom stereocenters. The lowest BCUT2D eigenvalue weighted by atomic mass is 10.1. The maximum absolute atomic E-state index is 12.1. The smallest absolute Gasteiger partial charge is 0.262 e. The molecule has 0 aliphatic rings. The van der Waals surface area contributed by atoms with Gasteiger partial charge in [0, 0.05) is 10.2 Å². The maximum Gasteiger partial charge on any atom is 0.262 e. The second-order valence-electron chi connectivity index (χ2n) is 4.92. The van der Waals surface area contributed by atoms with Gasteiger partial charge in [0.25, 0.3) is 5.91 Å². The van der Waals surface area contributed by atoms with Crippen LogP contribution in [0.25, 0.3) is 0 Å². The zero-order chi connectivity index (χ0) is 15.9. The van der Waals surface area contributed by atoms with Crippen molar-refractivity contribution in [1.82, 2.24) is 5.43 Å². The first-order valence-electron chi connectivity index (χ1n) is 6.98. The number of hydrogen-bond donors (Lipinski definition) is 2. The predicted octanol–water partition coefficient (Wildman–Crippen LogP) is 3.79. The quantitative estimate of drug-likeness (QED) is 0.630. The van der Waals surface area contributed by atoms with Crippen LogP contribution >= 0.6 is 15.9 Å². The molecule has 2 N–H and O–H groups in total. The molecule has 0 fully saturated rings. The second-order valence-corrected chi connectivity index (χ2v) is 5.83. The zero-order valence-electron chi connectivity index (χ0n) is 12.5. The highest BCUT2D eigenvalue weighted by molar-refractivity contribution is 9.10. The molecule has 0 bridgehead atoms. The Balaban J connectivity index is 1.94. The molecule has 0 saturated heterocycles. The summed E-state index contributed by atoms with van der Waals surface area (Å²) < 4.78 is 0.961. The number of amides is 1. The van der Waals surface area contributed by atoms with Gasteiger partial charge in [0.1, 0.15) is 6.04 Å². The third-order valence-electron chi connectivity index (χ3n) is 3.13. The number of halogens is 1. The molecule has 0 aromatic heterocycles. The van der Waals surface area contributed by atoms with Crippen molar-refractivity contribution in [3.63, 3.8) is 0 Å². The number of carbonyl (C=O) groups excluding carboxylic acids is 1. The van der Waals surface area contributed by atoms with E-state index in [2.05, 4.69) is 31.8 Å². The van der Waals surface area contributed by atoms with Gasteiger partial charge >= 0.3 is 0 Å². The van der Waals surface area contributed by atoms with Crippen LogP contribution in [0.5, 0.6) is 0 Å². The SMILES string of the molecule is C/C(=N\NC(=O)[C@@H](C)Nc1cccc(Br)c1)c1ccccc1. The second kappa shape index (κ2) is 7.75. The number of benzene rings is 2. The molecular formula is C17H18BrN3O. The first kappa shape index (κ1) is 16.2. The predicted molar refractivity (Wildman–Crippen MR) is 94.0 cm³/mol. The van der Waals surface area contributed by atoms with E-state index >= 15 is 0 Å². The minimum atomic E-state index is -0.387. The summed E-state index contributed by atoms with van der Waals surface area (Å²) in [6.45, 7) is 3.66. The van der Waals surface area contributed by atoms with Crippen LogP contribution in [0.1, 0.15) is 19.4 Å². The summed E-state index contributed by atoms with van der Waals surface area (Å²) in [7, 11) is 0. The Morgan fingerprint density at radius 2 is 1.86 bits per heavy atom. The fourth-order valence-corrected chi connectivity index (χ4v) is 2.27. The molecule has 2 aromatic carbocycles. The van der Waals surface area contributed by atoms with E-state index in [1.54, 1.807) is 6.92 Å². The Hall–Kier alpha value is -2.14. The van der Waals surface area contributed by atoms with Crippen molar-refractivity contribution < 1.29 is 4.79 Å². The molecule has 4 nitrogen and oxygen atoms in total. The molecule has 0 aliphatic carbocycles. The van der Waals surface area contributed by atoms with Gasteiger partial charge in [-0.25, -0.2) is 5.43 Å². The Labute approximate surface area is 138 Å². The third kappa shape index (κ3) is 4.70. The Morgan fingerprint density at radius 1 is 1.14 bits per heavy atom. The van der Waals surface area contributed by atoms with Gasteiger partial charge in [-0.15, -0.1) is 0 Å². The number of anilines is 1. The number of carbonyl (C=O) groups is 1. The van der Waals surface area contributed by atoms with Gasteiger partial charge in [0.2, 0.25) is 0 Å². The van der Waals surface area contributed by atoms with Crippen molar-refractivity contribution in [3.8, 4) is 0 Å². The molecule has 1 amide bonds. The van der Waals surface area contributed by atoms with E-state index in [1.807, 2.05) is 61.5 Å². The van der Waals surface area contributed by atoms with Crippen LogP contribution in [0.2, 0.25) is 0 Å². The van der Waals surface area contributed by atoms with Gasteiger partial charge in [0.15, 0.2) is 0 Å². The van der Waals surface area contributed by atoms with Gasteiger partial charge in [0.05, 0.1) is 5.71 Å². The van der Waals surface area contributed by atoms with Crippen LogP contribution in [-0.4, -0.2) is 17.7 Å². The molecular weight excluding hydrogens is 342 g/mol. The summed E-state index contributed by atoms with van der Waals surface area (Å²) in [6.07, 6.45) is 0.